The maximum absolute atomic E-state index is 13.4. The molecular weight excluding hydrogens is 441 g/mol. The van der Waals surface area contributed by atoms with Crippen LogP contribution >= 0.6 is 11.8 Å². The Labute approximate surface area is 196 Å². The zero-order chi connectivity index (χ0) is 23.4. The lowest BCUT2D eigenvalue weighted by molar-refractivity contribution is -0.136. The fourth-order valence-corrected chi connectivity index (χ4v) is 4.88. The van der Waals surface area contributed by atoms with Crippen molar-refractivity contribution >= 4 is 28.8 Å². The molecule has 2 aromatic rings. The Morgan fingerprint density at radius 1 is 1.18 bits per heavy atom. The van der Waals surface area contributed by atoms with Crippen LogP contribution in [0.4, 0.5) is 4.39 Å². The van der Waals surface area contributed by atoms with Crippen LogP contribution in [0.25, 0.3) is 0 Å². The number of halogens is 1. The van der Waals surface area contributed by atoms with Crippen molar-refractivity contribution in [1.29, 1.82) is 0 Å². The number of methoxy groups -OCH3 is 1. The van der Waals surface area contributed by atoms with E-state index in [2.05, 4.69) is 5.32 Å². The molecular formula is C25H24FN3O3S. The summed E-state index contributed by atoms with van der Waals surface area (Å²) in [5.41, 5.74) is 3.48. The number of rotatable bonds is 7. The quantitative estimate of drug-likeness (QED) is 0.602. The van der Waals surface area contributed by atoms with E-state index in [1.165, 1.54) is 31.0 Å². The number of carbonyl (C=O) groups is 2. The van der Waals surface area contributed by atoms with Gasteiger partial charge in [-0.2, -0.15) is 0 Å². The average molecular weight is 466 g/mol. The van der Waals surface area contributed by atoms with Gasteiger partial charge in [-0.05, 0) is 35.1 Å². The van der Waals surface area contributed by atoms with Crippen molar-refractivity contribution in [3.05, 3.63) is 93.9 Å². The predicted molar refractivity (Wildman–Crippen MR) is 126 cm³/mol. The van der Waals surface area contributed by atoms with Crippen LogP contribution in [0.2, 0.25) is 0 Å². The van der Waals surface area contributed by atoms with Gasteiger partial charge >= 0.3 is 5.97 Å². The van der Waals surface area contributed by atoms with Gasteiger partial charge in [0.1, 0.15) is 5.82 Å². The summed E-state index contributed by atoms with van der Waals surface area (Å²) in [7, 11) is 1.36. The molecule has 8 heteroatoms. The zero-order valence-corrected chi connectivity index (χ0v) is 19.2. The number of nitrogens with one attached hydrogen (secondary N) is 1. The third kappa shape index (κ3) is 4.85. The molecule has 0 unspecified atom stereocenters. The van der Waals surface area contributed by atoms with Crippen molar-refractivity contribution in [3.8, 4) is 0 Å². The highest BCUT2D eigenvalue weighted by Crippen LogP contribution is 2.45. The van der Waals surface area contributed by atoms with Gasteiger partial charge in [-0.25, -0.2) is 14.2 Å². The lowest BCUT2D eigenvalue weighted by atomic mass is 9.93. The second-order valence-corrected chi connectivity index (χ2v) is 8.43. The molecule has 2 heterocycles. The molecule has 0 saturated carbocycles. The first-order valence-corrected chi connectivity index (χ1v) is 11.5. The van der Waals surface area contributed by atoms with Crippen LogP contribution in [-0.4, -0.2) is 29.1 Å². The molecule has 1 atom stereocenters. The Hall–Kier alpha value is -3.39. The first-order chi connectivity index (χ1) is 16.0. The number of nitrogens with zero attached hydrogens (tertiary/aromatic N) is 2. The van der Waals surface area contributed by atoms with Gasteiger partial charge in [-0.15, -0.1) is 0 Å². The molecule has 170 valence electrons. The largest absolute Gasteiger partial charge is 0.466 e. The van der Waals surface area contributed by atoms with Crippen LogP contribution in [0, 0.1) is 5.82 Å². The Morgan fingerprint density at radius 2 is 1.97 bits per heavy atom. The Balaban J connectivity index is 1.60. The SMILES string of the molecule is CCC1=C(C(=O)OC)[C@@H](c2ccccc2)N2C(CC(=O)NCc3cccc(F)c3)=CSC2=N1. The van der Waals surface area contributed by atoms with Gasteiger partial charge in [-0.1, -0.05) is 61.2 Å². The molecule has 0 radical (unpaired) electrons. The van der Waals surface area contributed by atoms with Gasteiger partial charge in [0, 0.05) is 12.2 Å². The third-order valence-electron chi connectivity index (χ3n) is 5.46. The monoisotopic (exact) mass is 465 g/mol. The summed E-state index contributed by atoms with van der Waals surface area (Å²) in [5, 5.41) is 5.46. The van der Waals surface area contributed by atoms with Crippen molar-refractivity contribution in [2.24, 2.45) is 4.99 Å². The lowest BCUT2D eigenvalue weighted by Gasteiger charge is -2.36. The number of amidine groups is 1. The number of allylic oxidation sites excluding steroid dienone is 1. The topological polar surface area (TPSA) is 71.0 Å². The maximum atomic E-state index is 13.4. The van der Waals surface area contributed by atoms with E-state index in [4.69, 9.17) is 9.73 Å². The average Bonchev–Trinajstić information content (AvgIpc) is 3.23. The van der Waals surface area contributed by atoms with E-state index in [1.807, 2.05) is 47.6 Å². The van der Waals surface area contributed by atoms with Crippen molar-refractivity contribution in [3.63, 3.8) is 0 Å². The summed E-state index contributed by atoms with van der Waals surface area (Å²) in [6.07, 6.45) is 0.676. The summed E-state index contributed by atoms with van der Waals surface area (Å²) >= 11 is 1.43. The molecule has 33 heavy (non-hydrogen) atoms. The smallest absolute Gasteiger partial charge is 0.338 e. The molecule has 0 bridgehead atoms. The van der Waals surface area contributed by atoms with Gasteiger partial charge < -0.3 is 15.0 Å². The number of carbonyl (C=O) groups excluding carboxylic acids is 2. The Kier molecular flexibility index (Phi) is 6.93. The van der Waals surface area contributed by atoms with Crippen LogP contribution in [0.15, 0.2) is 82.0 Å². The number of fused-ring (bicyclic) bond motifs is 1. The van der Waals surface area contributed by atoms with Crippen LogP contribution in [0.3, 0.4) is 0 Å². The van der Waals surface area contributed by atoms with E-state index in [0.29, 0.717) is 23.3 Å². The minimum absolute atomic E-state index is 0.0978. The molecule has 0 saturated heterocycles. The molecule has 1 N–H and O–H groups in total. The van der Waals surface area contributed by atoms with E-state index < -0.39 is 12.0 Å². The standard InChI is InChI=1S/C25H24FN3O3S/c1-3-20-22(24(31)32-2)23(17-9-5-4-6-10-17)29-19(15-33-25(29)28-20)13-21(30)27-14-16-8-7-11-18(26)12-16/h4-12,15,23H,3,13-14H2,1-2H3,(H,27,30)/t23-/m1/s1. The highest BCUT2D eigenvalue weighted by atomic mass is 32.2. The van der Waals surface area contributed by atoms with E-state index in [9.17, 15) is 14.0 Å². The zero-order valence-electron chi connectivity index (χ0n) is 18.4. The summed E-state index contributed by atoms with van der Waals surface area (Å²) in [5.74, 6) is -0.982. The highest BCUT2D eigenvalue weighted by Gasteiger charge is 2.41. The second kappa shape index (κ2) is 10.0. The maximum Gasteiger partial charge on any atom is 0.338 e. The first kappa shape index (κ1) is 22.8. The first-order valence-electron chi connectivity index (χ1n) is 10.6. The van der Waals surface area contributed by atoms with Crippen LogP contribution in [0.5, 0.6) is 0 Å². The number of esters is 1. The number of hydrogen-bond donors (Lipinski definition) is 1. The molecule has 4 rings (SSSR count). The third-order valence-corrected chi connectivity index (χ3v) is 6.35. The van der Waals surface area contributed by atoms with Gasteiger partial charge in [0.05, 0.1) is 30.8 Å². The van der Waals surface area contributed by atoms with Crippen molar-refractivity contribution in [2.75, 3.05) is 7.11 Å². The molecule has 2 aliphatic rings. The fraction of sp³-hybridized carbons (Fsp3) is 0.240. The predicted octanol–water partition coefficient (Wildman–Crippen LogP) is 4.67. The number of aliphatic imine (C=N–C) groups is 1. The minimum Gasteiger partial charge on any atom is -0.466 e. The summed E-state index contributed by atoms with van der Waals surface area (Å²) < 4.78 is 18.5. The number of benzene rings is 2. The number of ether oxygens (including phenoxy) is 1. The molecule has 0 aromatic heterocycles. The molecule has 0 aliphatic carbocycles. The summed E-state index contributed by atoms with van der Waals surface area (Å²) in [6.45, 7) is 2.18. The molecule has 0 spiro atoms. The number of thioether (sulfide) groups is 1. The van der Waals surface area contributed by atoms with E-state index in [-0.39, 0.29) is 24.7 Å². The van der Waals surface area contributed by atoms with E-state index in [1.54, 1.807) is 12.1 Å². The molecule has 2 aliphatic heterocycles. The van der Waals surface area contributed by atoms with E-state index in [0.717, 1.165) is 16.4 Å². The van der Waals surface area contributed by atoms with Crippen molar-refractivity contribution in [1.82, 2.24) is 10.2 Å². The Morgan fingerprint density at radius 3 is 2.67 bits per heavy atom. The fourth-order valence-electron chi connectivity index (χ4n) is 3.94. The number of amides is 1. The molecule has 1 amide bonds. The summed E-state index contributed by atoms with van der Waals surface area (Å²) in [4.78, 5) is 32.2. The van der Waals surface area contributed by atoms with Gasteiger partial charge in [0.25, 0.3) is 0 Å². The highest BCUT2D eigenvalue weighted by molar-refractivity contribution is 8.16. The van der Waals surface area contributed by atoms with Gasteiger partial charge in [0.15, 0.2) is 5.17 Å². The molecule has 6 nitrogen and oxygen atoms in total. The normalized spacial score (nSPS) is 17.3. The van der Waals surface area contributed by atoms with Gasteiger partial charge in [0.2, 0.25) is 5.91 Å². The second-order valence-electron chi connectivity index (χ2n) is 7.59. The lowest BCUT2D eigenvalue weighted by Crippen LogP contribution is -2.38. The van der Waals surface area contributed by atoms with E-state index >= 15 is 0 Å². The van der Waals surface area contributed by atoms with Crippen LogP contribution < -0.4 is 5.32 Å². The number of hydrogen-bond acceptors (Lipinski definition) is 6. The van der Waals surface area contributed by atoms with Crippen molar-refractivity contribution in [2.45, 2.75) is 32.4 Å². The Bertz CT molecular complexity index is 1160. The van der Waals surface area contributed by atoms with Crippen molar-refractivity contribution < 1.29 is 18.7 Å². The molecule has 0 fully saturated rings. The molecule has 2 aromatic carbocycles. The van der Waals surface area contributed by atoms with Crippen LogP contribution in [-0.2, 0) is 20.9 Å². The van der Waals surface area contributed by atoms with Gasteiger partial charge in [-0.3, -0.25) is 4.79 Å². The minimum atomic E-state index is -0.446. The summed E-state index contributed by atoms with van der Waals surface area (Å²) in [6, 6.07) is 15.3. The van der Waals surface area contributed by atoms with Crippen LogP contribution in [0.1, 0.15) is 36.9 Å².